The van der Waals surface area contributed by atoms with Crippen molar-refractivity contribution < 1.29 is 22.8 Å². The second-order valence-corrected chi connectivity index (χ2v) is 3.36. The predicted octanol–water partition coefficient (Wildman–Crippen LogP) is 2.85. The number of rotatable bonds is 2. The molecule has 1 N–H and O–H groups in total. The number of aliphatic hydroxyl groups excluding tert-OH is 1. The van der Waals surface area contributed by atoms with E-state index in [0.29, 0.717) is 5.56 Å². The highest BCUT2D eigenvalue weighted by Gasteiger charge is 2.40. The van der Waals surface area contributed by atoms with Gasteiger partial charge in [-0.05, 0) is 0 Å². The third-order valence-corrected chi connectivity index (χ3v) is 2.25. The molecular formula is C11H8F3NO2. The average molecular weight is 243 g/mol. The first kappa shape index (κ1) is 11.7. The summed E-state index contributed by atoms with van der Waals surface area (Å²) in [7, 11) is 0. The van der Waals surface area contributed by atoms with E-state index in [1.54, 1.807) is 30.3 Å². The van der Waals surface area contributed by atoms with Crippen LogP contribution in [0.3, 0.4) is 0 Å². The normalized spacial score (nSPS) is 11.8. The SMILES string of the molecule is OCc1c(-c2ccccc2)noc1C(F)(F)F. The minimum Gasteiger partial charge on any atom is -0.391 e. The smallest absolute Gasteiger partial charge is 0.391 e. The number of alkyl halides is 3. The number of hydrogen-bond donors (Lipinski definition) is 1. The zero-order valence-corrected chi connectivity index (χ0v) is 8.53. The first-order chi connectivity index (χ1) is 8.04. The maximum absolute atomic E-state index is 12.5. The molecule has 0 saturated carbocycles. The molecule has 2 rings (SSSR count). The highest BCUT2D eigenvalue weighted by Crippen LogP contribution is 2.36. The van der Waals surface area contributed by atoms with Crippen molar-refractivity contribution >= 4 is 0 Å². The molecule has 0 radical (unpaired) electrons. The molecular weight excluding hydrogens is 235 g/mol. The highest BCUT2D eigenvalue weighted by molar-refractivity contribution is 5.63. The Labute approximate surface area is 94.5 Å². The summed E-state index contributed by atoms with van der Waals surface area (Å²) in [6.07, 6.45) is -4.65. The minimum absolute atomic E-state index is 0.0143. The monoisotopic (exact) mass is 243 g/mol. The van der Waals surface area contributed by atoms with Gasteiger partial charge in [-0.15, -0.1) is 0 Å². The fourth-order valence-electron chi connectivity index (χ4n) is 1.50. The lowest BCUT2D eigenvalue weighted by molar-refractivity contribution is -0.156. The predicted molar refractivity (Wildman–Crippen MR) is 52.9 cm³/mol. The number of aromatic nitrogens is 1. The van der Waals surface area contributed by atoms with E-state index in [2.05, 4.69) is 9.68 Å². The topological polar surface area (TPSA) is 46.3 Å². The third kappa shape index (κ3) is 2.16. The molecule has 0 spiro atoms. The second-order valence-electron chi connectivity index (χ2n) is 3.36. The van der Waals surface area contributed by atoms with E-state index in [-0.39, 0.29) is 11.3 Å². The van der Waals surface area contributed by atoms with Gasteiger partial charge >= 0.3 is 6.18 Å². The van der Waals surface area contributed by atoms with E-state index in [4.69, 9.17) is 5.11 Å². The number of nitrogens with zero attached hydrogens (tertiary/aromatic N) is 1. The molecule has 0 atom stereocenters. The lowest BCUT2D eigenvalue weighted by atomic mass is 10.1. The van der Waals surface area contributed by atoms with Crippen molar-refractivity contribution in [2.45, 2.75) is 12.8 Å². The molecule has 1 heterocycles. The van der Waals surface area contributed by atoms with Gasteiger partial charge in [0.15, 0.2) is 0 Å². The quantitative estimate of drug-likeness (QED) is 0.882. The van der Waals surface area contributed by atoms with Crippen molar-refractivity contribution in [3.05, 3.63) is 41.7 Å². The molecule has 0 bridgehead atoms. The summed E-state index contributed by atoms with van der Waals surface area (Å²) < 4.78 is 41.8. The molecule has 1 aromatic carbocycles. The van der Waals surface area contributed by atoms with Crippen molar-refractivity contribution in [3.63, 3.8) is 0 Å². The summed E-state index contributed by atoms with van der Waals surface area (Å²) in [5.74, 6) is -1.25. The molecule has 2 aromatic rings. The van der Waals surface area contributed by atoms with Gasteiger partial charge in [0.05, 0.1) is 12.2 Å². The van der Waals surface area contributed by atoms with Gasteiger partial charge in [0, 0.05) is 5.56 Å². The van der Waals surface area contributed by atoms with E-state index >= 15 is 0 Å². The van der Waals surface area contributed by atoms with Crippen molar-refractivity contribution in [2.75, 3.05) is 0 Å². The van der Waals surface area contributed by atoms with Gasteiger partial charge in [-0.2, -0.15) is 13.2 Å². The molecule has 0 unspecified atom stereocenters. The van der Waals surface area contributed by atoms with Crippen LogP contribution in [0, 0.1) is 0 Å². The van der Waals surface area contributed by atoms with Crippen LogP contribution in [0.5, 0.6) is 0 Å². The summed E-state index contributed by atoms with van der Waals surface area (Å²) in [5, 5.41) is 12.4. The summed E-state index contributed by atoms with van der Waals surface area (Å²) >= 11 is 0. The zero-order chi connectivity index (χ0) is 12.5. The van der Waals surface area contributed by atoms with E-state index in [9.17, 15) is 13.2 Å². The number of hydrogen-bond acceptors (Lipinski definition) is 3. The molecule has 90 valence electrons. The Hall–Kier alpha value is -1.82. The summed E-state index contributed by atoms with van der Waals surface area (Å²) in [6, 6.07) is 8.25. The fourth-order valence-corrected chi connectivity index (χ4v) is 1.50. The number of benzene rings is 1. The zero-order valence-electron chi connectivity index (χ0n) is 8.53. The number of aliphatic hydroxyl groups is 1. The van der Waals surface area contributed by atoms with Crippen molar-refractivity contribution in [3.8, 4) is 11.3 Å². The standard InChI is InChI=1S/C11H8F3NO2/c12-11(13,14)10-8(6-16)9(15-17-10)7-4-2-1-3-5-7/h1-5,16H,6H2. The van der Waals surface area contributed by atoms with Crippen LogP contribution in [-0.2, 0) is 12.8 Å². The summed E-state index contributed by atoms with van der Waals surface area (Å²) in [6.45, 7) is -0.775. The summed E-state index contributed by atoms with van der Waals surface area (Å²) in [4.78, 5) is 0. The lowest BCUT2D eigenvalue weighted by Gasteiger charge is -2.03. The fraction of sp³-hybridized carbons (Fsp3) is 0.182. The van der Waals surface area contributed by atoms with Crippen LogP contribution in [0.4, 0.5) is 13.2 Å². The third-order valence-electron chi connectivity index (χ3n) is 2.25. The minimum atomic E-state index is -4.65. The van der Waals surface area contributed by atoms with Crippen molar-refractivity contribution in [2.24, 2.45) is 0 Å². The Morgan fingerprint density at radius 1 is 1.18 bits per heavy atom. The van der Waals surface area contributed by atoms with Crippen LogP contribution in [0.2, 0.25) is 0 Å². The molecule has 17 heavy (non-hydrogen) atoms. The van der Waals surface area contributed by atoms with Gasteiger partial charge in [0.25, 0.3) is 0 Å². The summed E-state index contributed by atoms with van der Waals surface area (Å²) in [5.41, 5.74) is 0.139. The molecule has 1 aromatic heterocycles. The molecule has 3 nitrogen and oxygen atoms in total. The van der Waals surface area contributed by atoms with Gasteiger partial charge in [0.2, 0.25) is 5.76 Å². The van der Waals surface area contributed by atoms with Gasteiger partial charge in [-0.3, -0.25) is 0 Å². The molecule has 0 saturated heterocycles. The van der Waals surface area contributed by atoms with Crippen molar-refractivity contribution in [1.82, 2.24) is 5.16 Å². The Balaban J connectivity index is 2.54. The molecule has 0 amide bonds. The van der Waals surface area contributed by atoms with Gasteiger partial charge < -0.3 is 9.63 Å². The van der Waals surface area contributed by atoms with Crippen LogP contribution in [-0.4, -0.2) is 10.3 Å². The maximum Gasteiger partial charge on any atom is 0.452 e. The van der Waals surface area contributed by atoms with E-state index in [1.165, 1.54) is 0 Å². The average Bonchev–Trinajstić information content (AvgIpc) is 2.73. The van der Waals surface area contributed by atoms with Crippen LogP contribution in [0.15, 0.2) is 34.9 Å². The Morgan fingerprint density at radius 3 is 2.35 bits per heavy atom. The van der Waals surface area contributed by atoms with Gasteiger partial charge in [0.1, 0.15) is 5.69 Å². The number of halogens is 3. The molecule has 0 aliphatic heterocycles. The van der Waals surface area contributed by atoms with Gasteiger partial charge in [-0.25, -0.2) is 0 Å². The molecule has 0 aliphatic carbocycles. The van der Waals surface area contributed by atoms with Crippen LogP contribution >= 0.6 is 0 Å². The van der Waals surface area contributed by atoms with Gasteiger partial charge in [-0.1, -0.05) is 35.5 Å². The van der Waals surface area contributed by atoms with Crippen LogP contribution < -0.4 is 0 Å². The van der Waals surface area contributed by atoms with Crippen LogP contribution in [0.25, 0.3) is 11.3 Å². The first-order valence-corrected chi connectivity index (χ1v) is 4.76. The maximum atomic E-state index is 12.5. The Morgan fingerprint density at radius 2 is 1.82 bits per heavy atom. The largest absolute Gasteiger partial charge is 0.452 e. The second kappa shape index (κ2) is 4.21. The molecule has 6 heteroatoms. The lowest BCUT2D eigenvalue weighted by Crippen LogP contribution is -2.07. The first-order valence-electron chi connectivity index (χ1n) is 4.76. The highest BCUT2D eigenvalue weighted by atomic mass is 19.4. The van der Waals surface area contributed by atoms with E-state index in [0.717, 1.165) is 0 Å². The Kier molecular flexibility index (Phi) is 2.89. The molecule has 0 fully saturated rings. The van der Waals surface area contributed by atoms with Crippen LogP contribution in [0.1, 0.15) is 11.3 Å². The van der Waals surface area contributed by atoms with E-state index in [1.807, 2.05) is 0 Å². The van der Waals surface area contributed by atoms with E-state index < -0.39 is 18.5 Å². The van der Waals surface area contributed by atoms with Crippen molar-refractivity contribution in [1.29, 1.82) is 0 Å². The molecule has 0 aliphatic rings. The Bertz CT molecular complexity index is 505.